The van der Waals surface area contributed by atoms with Gasteiger partial charge in [0.15, 0.2) is 5.76 Å². The highest BCUT2D eigenvalue weighted by atomic mass is 35.5. The van der Waals surface area contributed by atoms with E-state index in [1.165, 1.54) is 0 Å². The Morgan fingerprint density at radius 3 is 2.41 bits per heavy atom. The molecule has 7 heteroatoms. The molecule has 150 valence electrons. The summed E-state index contributed by atoms with van der Waals surface area (Å²) >= 11 is 6.16. The zero-order valence-corrected chi connectivity index (χ0v) is 17.5. The van der Waals surface area contributed by atoms with Crippen molar-refractivity contribution in [3.05, 3.63) is 34.5 Å². The van der Waals surface area contributed by atoms with Gasteiger partial charge in [-0.2, -0.15) is 0 Å². The monoisotopic (exact) mass is 394 g/mol. The predicted molar refractivity (Wildman–Crippen MR) is 112 cm³/mol. The van der Waals surface area contributed by atoms with Crippen LogP contribution < -0.4 is 10.6 Å². The summed E-state index contributed by atoms with van der Waals surface area (Å²) in [6.45, 7) is 4.00. The Balaban J connectivity index is 2.08. The third-order valence-electron chi connectivity index (χ3n) is 4.29. The summed E-state index contributed by atoms with van der Waals surface area (Å²) < 4.78 is 5.86. The smallest absolute Gasteiger partial charge is 0.287 e. The van der Waals surface area contributed by atoms with E-state index in [1.54, 1.807) is 6.07 Å². The van der Waals surface area contributed by atoms with Gasteiger partial charge in [-0.3, -0.25) is 4.79 Å². The lowest BCUT2D eigenvalue weighted by atomic mass is 10.1. The fraction of sp³-hybridized carbons (Fsp3) is 0.550. The first kappa shape index (κ1) is 21.7. The van der Waals surface area contributed by atoms with Crippen molar-refractivity contribution in [2.24, 2.45) is 0 Å². The van der Waals surface area contributed by atoms with E-state index in [9.17, 15) is 4.79 Å². The Labute approximate surface area is 166 Å². The lowest BCUT2D eigenvalue weighted by Crippen LogP contribution is -2.28. The average Bonchev–Trinajstić information content (AvgIpc) is 2.96. The van der Waals surface area contributed by atoms with Crippen LogP contribution in [0.2, 0.25) is 5.02 Å². The zero-order chi connectivity index (χ0) is 19.8. The summed E-state index contributed by atoms with van der Waals surface area (Å²) in [6, 6.07) is 5.45. The molecule has 1 aromatic heterocycles. The van der Waals surface area contributed by atoms with Gasteiger partial charge in [0, 0.05) is 29.1 Å². The van der Waals surface area contributed by atoms with Gasteiger partial charge < -0.3 is 24.9 Å². The number of hydrogen-bond acceptors (Lipinski definition) is 5. The molecule has 0 aliphatic rings. The molecule has 2 N–H and O–H groups in total. The first-order chi connectivity index (χ1) is 12.9. The van der Waals surface area contributed by atoms with Gasteiger partial charge in [0.1, 0.15) is 5.58 Å². The van der Waals surface area contributed by atoms with Crippen LogP contribution in [0.25, 0.3) is 11.0 Å². The number of nitrogens with one attached hydrogen (secondary N) is 2. The van der Waals surface area contributed by atoms with Crippen LogP contribution in [0.4, 0.5) is 0 Å². The molecule has 0 saturated heterocycles. The molecule has 27 heavy (non-hydrogen) atoms. The van der Waals surface area contributed by atoms with Crippen molar-refractivity contribution in [3.63, 3.8) is 0 Å². The van der Waals surface area contributed by atoms with E-state index in [0.29, 0.717) is 29.5 Å². The summed E-state index contributed by atoms with van der Waals surface area (Å²) in [4.78, 5) is 16.9. The van der Waals surface area contributed by atoms with E-state index in [2.05, 4.69) is 34.5 Å². The number of benzene rings is 1. The number of hydrogen-bond donors (Lipinski definition) is 2. The van der Waals surface area contributed by atoms with Crippen molar-refractivity contribution in [2.75, 3.05) is 54.4 Å². The van der Waals surface area contributed by atoms with Crippen LogP contribution in [-0.2, 0) is 6.54 Å². The lowest BCUT2D eigenvalue weighted by Gasteiger charge is -2.11. The van der Waals surface area contributed by atoms with Crippen molar-refractivity contribution in [1.82, 2.24) is 20.4 Å². The Morgan fingerprint density at radius 1 is 1.07 bits per heavy atom. The Bertz CT molecular complexity index is 743. The predicted octanol–water partition coefficient (Wildman–Crippen LogP) is 2.81. The molecule has 2 aromatic rings. The SMILES string of the molecule is CN(C)CCCNCc1c(C(=O)NCCCN(C)C)oc2ccc(Cl)cc12. The van der Waals surface area contributed by atoms with Gasteiger partial charge in [-0.1, -0.05) is 11.6 Å². The number of amides is 1. The quantitative estimate of drug-likeness (QED) is 0.574. The number of furan rings is 1. The molecule has 0 atom stereocenters. The summed E-state index contributed by atoms with van der Waals surface area (Å²) in [5.41, 5.74) is 1.55. The van der Waals surface area contributed by atoms with Crippen LogP contribution in [0.3, 0.4) is 0 Å². The fourth-order valence-corrected chi connectivity index (χ4v) is 3.06. The van der Waals surface area contributed by atoms with E-state index in [4.69, 9.17) is 16.0 Å². The van der Waals surface area contributed by atoms with Gasteiger partial charge >= 0.3 is 0 Å². The molecular weight excluding hydrogens is 364 g/mol. The molecule has 0 unspecified atom stereocenters. The van der Waals surface area contributed by atoms with Crippen molar-refractivity contribution in [1.29, 1.82) is 0 Å². The second-order valence-corrected chi connectivity index (χ2v) is 7.73. The van der Waals surface area contributed by atoms with Crippen LogP contribution in [0.15, 0.2) is 22.6 Å². The molecule has 6 nitrogen and oxygen atoms in total. The fourth-order valence-electron chi connectivity index (χ4n) is 2.89. The van der Waals surface area contributed by atoms with Crippen LogP contribution >= 0.6 is 11.6 Å². The van der Waals surface area contributed by atoms with Gasteiger partial charge in [0.2, 0.25) is 0 Å². The molecule has 0 radical (unpaired) electrons. The number of halogens is 1. The Morgan fingerprint density at radius 2 is 1.74 bits per heavy atom. The standard InChI is InChI=1S/C20H31ClN4O2/c1-24(2)11-5-9-22-14-17-16-13-15(21)7-8-18(16)27-19(17)20(26)23-10-6-12-25(3)4/h7-8,13,22H,5-6,9-12,14H2,1-4H3,(H,23,26). The third-order valence-corrected chi connectivity index (χ3v) is 4.52. The summed E-state index contributed by atoms with van der Waals surface area (Å²) in [6.07, 6.45) is 1.93. The highest BCUT2D eigenvalue weighted by Gasteiger charge is 2.20. The van der Waals surface area contributed by atoms with Crippen molar-refractivity contribution < 1.29 is 9.21 Å². The molecule has 1 aromatic carbocycles. The highest BCUT2D eigenvalue weighted by molar-refractivity contribution is 6.31. The van der Waals surface area contributed by atoms with Crippen LogP contribution in [-0.4, -0.2) is 70.1 Å². The Kier molecular flexibility index (Phi) is 8.57. The highest BCUT2D eigenvalue weighted by Crippen LogP contribution is 2.28. The lowest BCUT2D eigenvalue weighted by molar-refractivity contribution is 0.0925. The normalized spacial score (nSPS) is 11.7. The first-order valence-electron chi connectivity index (χ1n) is 9.37. The number of nitrogens with zero attached hydrogens (tertiary/aromatic N) is 2. The summed E-state index contributed by atoms with van der Waals surface area (Å²) in [7, 11) is 8.16. The maximum absolute atomic E-state index is 12.7. The molecule has 0 spiro atoms. The van der Waals surface area contributed by atoms with E-state index in [1.807, 2.05) is 26.2 Å². The minimum Gasteiger partial charge on any atom is -0.451 e. The molecule has 0 saturated carbocycles. The van der Waals surface area contributed by atoms with Gasteiger partial charge in [-0.15, -0.1) is 0 Å². The molecule has 1 amide bonds. The van der Waals surface area contributed by atoms with Gasteiger partial charge in [-0.25, -0.2) is 0 Å². The van der Waals surface area contributed by atoms with Gasteiger partial charge in [0.05, 0.1) is 0 Å². The average molecular weight is 395 g/mol. The van der Waals surface area contributed by atoms with E-state index in [0.717, 1.165) is 43.4 Å². The number of fused-ring (bicyclic) bond motifs is 1. The van der Waals surface area contributed by atoms with Crippen LogP contribution in [0.5, 0.6) is 0 Å². The van der Waals surface area contributed by atoms with E-state index >= 15 is 0 Å². The Hall–Kier alpha value is -1.60. The molecule has 0 aliphatic heterocycles. The number of carbonyl (C=O) groups excluding carboxylic acids is 1. The number of carbonyl (C=O) groups is 1. The first-order valence-corrected chi connectivity index (χ1v) is 9.75. The minimum atomic E-state index is -0.175. The van der Waals surface area contributed by atoms with Crippen molar-refractivity contribution >= 4 is 28.5 Å². The van der Waals surface area contributed by atoms with E-state index in [-0.39, 0.29) is 5.91 Å². The van der Waals surface area contributed by atoms with Crippen molar-refractivity contribution in [3.8, 4) is 0 Å². The van der Waals surface area contributed by atoms with Crippen LogP contribution in [0, 0.1) is 0 Å². The second-order valence-electron chi connectivity index (χ2n) is 7.30. The maximum Gasteiger partial charge on any atom is 0.287 e. The summed E-state index contributed by atoms with van der Waals surface area (Å²) in [5.74, 6) is 0.198. The second kappa shape index (κ2) is 10.7. The number of rotatable bonds is 11. The third kappa shape index (κ3) is 6.81. The minimum absolute atomic E-state index is 0.175. The topological polar surface area (TPSA) is 60.8 Å². The molecule has 2 rings (SSSR count). The summed E-state index contributed by atoms with van der Waals surface area (Å²) in [5, 5.41) is 7.90. The molecule has 0 bridgehead atoms. The molecule has 0 fully saturated rings. The largest absolute Gasteiger partial charge is 0.451 e. The molecule has 0 aliphatic carbocycles. The van der Waals surface area contributed by atoms with E-state index < -0.39 is 0 Å². The zero-order valence-electron chi connectivity index (χ0n) is 16.8. The molecule has 1 heterocycles. The van der Waals surface area contributed by atoms with Gasteiger partial charge in [-0.05, 0) is 78.9 Å². The van der Waals surface area contributed by atoms with Crippen molar-refractivity contribution in [2.45, 2.75) is 19.4 Å². The maximum atomic E-state index is 12.7. The van der Waals surface area contributed by atoms with Crippen LogP contribution in [0.1, 0.15) is 29.0 Å². The van der Waals surface area contributed by atoms with Gasteiger partial charge in [0.25, 0.3) is 5.91 Å². The molecular formula is C20H31ClN4O2.